The van der Waals surface area contributed by atoms with Crippen LogP contribution >= 0.6 is 0 Å². The van der Waals surface area contributed by atoms with E-state index < -0.39 is 0 Å². The fourth-order valence-corrected chi connectivity index (χ4v) is 1.50. The van der Waals surface area contributed by atoms with E-state index in [2.05, 4.69) is 42.7 Å². The van der Waals surface area contributed by atoms with Gasteiger partial charge in [0, 0.05) is 12.2 Å². The van der Waals surface area contributed by atoms with Crippen molar-refractivity contribution in [3.63, 3.8) is 0 Å². The standard InChI is InChI=1S/C12H20N2/c1-10-5-6-12(11(2)9-10)14-8-4-7-13-3/h5-6,9,13-14H,4,7-8H2,1-3H3. The van der Waals surface area contributed by atoms with E-state index in [9.17, 15) is 0 Å². The third-order valence-electron chi connectivity index (χ3n) is 2.30. The molecule has 0 aliphatic carbocycles. The van der Waals surface area contributed by atoms with Gasteiger partial charge in [-0.2, -0.15) is 0 Å². The normalized spacial score (nSPS) is 10.2. The molecule has 0 atom stereocenters. The Bertz CT molecular complexity index is 282. The molecule has 0 saturated carbocycles. The zero-order valence-electron chi connectivity index (χ0n) is 9.35. The number of hydrogen-bond acceptors (Lipinski definition) is 2. The lowest BCUT2D eigenvalue weighted by atomic mass is 10.1. The second kappa shape index (κ2) is 5.66. The molecule has 1 aromatic rings. The molecular weight excluding hydrogens is 172 g/mol. The van der Waals surface area contributed by atoms with Crippen LogP contribution in [0.25, 0.3) is 0 Å². The molecule has 78 valence electrons. The summed E-state index contributed by atoms with van der Waals surface area (Å²) in [5.41, 5.74) is 3.91. The van der Waals surface area contributed by atoms with Crippen LogP contribution < -0.4 is 10.6 Å². The Hall–Kier alpha value is -1.02. The molecule has 0 amide bonds. The van der Waals surface area contributed by atoms with E-state index >= 15 is 0 Å². The van der Waals surface area contributed by atoms with Gasteiger partial charge in [-0.05, 0) is 45.5 Å². The average Bonchev–Trinajstić information content (AvgIpc) is 2.15. The summed E-state index contributed by atoms with van der Waals surface area (Å²) in [5, 5.41) is 6.57. The number of hydrogen-bond donors (Lipinski definition) is 2. The zero-order valence-corrected chi connectivity index (χ0v) is 9.35. The van der Waals surface area contributed by atoms with E-state index in [0.29, 0.717) is 0 Å². The lowest BCUT2D eigenvalue weighted by molar-refractivity contribution is 0.748. The first-order valence-corrected chi connectivity index (χ1v) is 5.20. The van der Waals surface area contributed by atoms with Crippen LogP contribution in [0.3, 0.4) is 0 Å². The molecule has 14 heavy (non-hydrogen) atoms. The molecule has 0 bridgehead atoms. The topological polar surface area (TPSA) is 24.1 Å². The Kier molecular flexibility index (Phi) is 4.47. The molecule has 0 radical (unpaired) electrons. The van der Waals surface area contributed by atoms with E-state index in [1.165, 1.54) is 16.8 Å². The van der Waals surface area contributed by atoms with Crippen molar-refractivity contribution in [2.45, 2.75) is 20.3 Å². The lowest BCUT2D eigenvalue weighted by Crippen LogP contribution is -2.13. The number of nitrogens with one attached hydrogen (secondary N) is 2. The van der Waals surface area contributed by atoms with Gasteiger partial charge in [-0.15, -0.1) is 0 Å². The van der Waals surface area contributed by atoms with Crippen LogP contribution in [-0.4, -0.2) is 20.1 Å². The van der Waals surface area contributed by atoms with Gasteiger partial charge in [-0.25, -0.2) is 0 Å². The molecule has 0 saturated heterocycles. The summed E-state index contributed by atoms with van der Waals surface area (Å²) >= 11 is 0. The monoisotopic (exact) mass is 192 g/mol. The van der Waals surface area contributed by atoms with Crippen molar-refractivity contribution < 1.29 is 0 Å². The first kappa shape index (κ1) is 11.1. The summed E-state index contributed by atoms with van der Waals surface area (Å²) < 4.78 is 0. The lowest BCUT2D eigenvalue weighted by Gasteiger charge is -2.09. The van der Waals surface area contributed by atoms with Crippen molar-refractivity contribution in [1.82, 2.24) is 5.32 Å². The molecule has 0 aliphatic rings. The van der Waals surface area contributed by atoms with Gasteiger partial charge in [-0.1, -0.05) is 17.7 Å². The smallest absolute Gasteiger partial charge is 0.0370 e. The molecule has 1 rings (SSSR count). The highest BCUT2D eigenvalue weighted by atomic mass is 14.9. The van der Waals surface area contributed by atoms with Crippen LogP contribution in [0, 0.1) is 13.8 Å². The van der Waals surface area contributed by atoms with Gasteiger partial charge in [0.25, 0.3) is 0 Å². The number of benzene rings is 1. The van der Waals surface area contributed by atoms with E-state index in [0.717, 1.165) is 19.5 Å². The van der Waals surface area contributed by atoms with Crippen LogP contribution in [-0.2, 0) is 0 Å². The number of anilines is 1. The van der Waals surface area contributed by atoms with E-state index in [4.69, 9.17) is 0 Å². The summed E-state index contributed by atoms with van der Waals surface area (Å²) in [6.07, 6.45) is 1.16. The van der Waals surface area contributed by atoms with Gasteiger partial charge in [0.1, 0.15) is 0 Å². The fourth-order valence-electron chi connectivity index (χ4n) is 1.50. The Balaban J connectivity index is 2.42. The fraction of sp³-hybridized carbons (Fsp3) is 0.500. The van der Waals surface area contributed by atoms with Crippen molar-refractivity contribution in [3.8, 4) is 0 Å². The van der Waals surface area contributed by atoms with Crippen molar-refractivity contribution in [3.05, 3.63) is 29.3 Å². The predicted octanol–water partition coefficient (Wildman–Crippen LogP) is 2.32. The molecule has 2 heteroatoms. The molecule has 1 aromatic carbocycles. The summed E-state index contributed by atoms with van der Waals surface area (Å²) in [6, 6.07) is 6.51. The van der Waals surface area contributed by atoms with E-state index in [1.54, 1.807) is 0 Å². The molecule has 2 nitrogen and oxygen atoms in total. The van der Waals surface area contributed by atoms with Crippen LogP contribution in [0.2, 0.25) is 0 Å². The second-order valence-corrected chi connectivity index (χ2v) is 3.70. The minimum atomic E-state index is 1.03. The molecule has 0 aliphatic heterocycles. The molecule has 0 fully saturated rings. The molecular formula is C12H20N2. The summed E-state index contributed by atoms with van der Waals surface area (Å²) in [7, 11) is 1.98. The van der Waals surface area contributed by atoms with Crippen molar-refractivity contribution in [2.24, 2.45) is 0 Å². The van der Waals surface area contributed by atoms with Crippen LogP contribution in [0.1, 0.15) is 17.5 Å². The van der Waals surface area contributed by atoms with Crippen LogP contribution in [0.15, 0.2) is 18.2 Å². The molecule has 0 heterocycles. The number of aryl methyl sites for hydroxylation is 2. The predicted molar refractivity (Wildman–Crippen MR) is 62.9 cm³/mol. The SMILES string of the molecule is CNCCCNc1ccc(C)cc1C. The highest BCUT2D eigenvalue weighted by molar-refractivity contribution is 5.51. The summed E-state index contributed by atoms with van der Waals surface area (Å²) in [6.45, 7) is 6.37. The van der Waals surface area contributed by atoms with Crippen molar-refractivity contribution >= 4 is 5.69 Å². The number of rotatable bonds is 5. The van der Waals surface area contributed by atoms with Gasteiger partial charge in [0.05, 0.1) is 0 Å². The van der Waals surface area contributed by atoms with Gasteiger partial charge in [0.15, 0.2) is 0 Å². The summed E-state index contributed by atoms with van der Waals surface area (Å²) in [4.78, 5) is 0. The van der Waals surface area contributed by atoms with E-state index in [-0.39, 0.29) is 0 Å². The van der Waals surface area contributed by atoms with Crippen LogP contribution in [0.4, 0.5) is 5.69 Å². The third-order valence-corrected chi connectivity index (χ3v) is 2.30. The maximum Gasteiger partial charge on any atom is 0.0370 e. The largest absolute Gasteiger partial charge is 0.385 e. The van der Waals surface area contributed by atoms with Crippen molar-refractivity contribution in [2.75, 3.05) is 25.5 Å². The Morgan fingerprint density at radius 3 is 2.57 bits per heavy atom. The first-order valence-electron chi connectivity index (χ1n) is 5.20. The van der Waals surface area contributed by atoms with Gasteiger partial charge in [0.2, 0.25) is 0 Å². The molecule has 2 N–H and O–H groups in total. The minimum absolute atomic E-state index is 1.03. The Morgan fingerprint density at radius 2 is 1.93 bits per heavy atom. The molecule has 0 aromatic heterocycles. The average molecular weight is 192 g/mol. The van der Waals surface area contributed by atoms with Gasteiger partial charge < -0.3 is 10.6 Å². The zero-order chi connectivity index (χ0) is 10.4. The maximum absolute atomic E-state index is 3.43. The highest BCUT2D eigenvalue weighted by Crippen LogP contribution is 2.15. The Morgan fingerprint density at radius 1 is 1.14 bits per heavy atom. The van der Waals surface area contributed by atoms with E-state index in [1.807, 2.05) is 7.05 Å². The molecule has 0 spiro atoms. The maximum atomic E-state index is 3.43. The minimum Gasteiger partial charge on any atom is -0.385 e. The van der Waals surface area contributed by atoms with Crippen molar-refractivity contribution in [1.29, 1.82) is 0 Å². The van der Waals surface area contributed by atoms with Gasteiger partial charge in [-0.3, -0.25) is 0 Å². The summed E-state index contributed by atoms with van der Waals surface area (Å²) in [5.74, 6) is 0. The second-order valence-electron chi connectivity index (χ2n) is 3.70. The van der Waals surface area contributed by atoms with Gasteiger partial charge >= 0.3 is 0 Å². The quantitative estimate of drug-likeness (QED) is 0.700. The van der Waals surface area contributed by atoms with Crippen LogP contribution in [0.5, 0.6) is 0 Å². The molecule has 0 unspecified atom stereocenters. The Labute approximate surface area is 86.7 Å². The highest BCUT2D eigenvalue weighted by Gasteiger charge is 1.96. The first-order chi connectivity index (χ1) is 6.74. The third kappa shape index (κ3) is 3.38.